The van der Waals surface area contributed by atoms with Crippen LogP contribution in [0, 0.1) is 5.82 Å². The Balaban J connectivity index is 2.71. The van der Waals surface area contributed by atoms with Gasteiger partial charge in [-0.1, -0.05) is 23.7 Å². The van der Waals surface area contributed by atoms with Gasteiger partial charge in [-0.3, -0.25) is 4.79 Å². The van der Waals surface area contributed by atoms with E-state index in [0.717, 1.165) is 0 Å². The molecule has 0 fully saturated rings. The molecule has 0 aliphatic carbocycles. The summed E-state index contributed by atoms with van der Waals surface area (Å²) in [5.41, 5.74) is 1.25. The Morgan fingerprint density at radius 3 is 2.65 bits per heavy atom. The van der Waals surface area contributed by atoms with Crippen molar-refractivity contribution in [3.8, 4) is 11.1 Å². The molecule has 2 aromatic rings. The lowest BCUT2D eigenvalue weighted by Crippen LogP contribution is -1.91. The second-order valence-corrected chi connectivity index (χ2v) is 4.74. The van der Waals surface area contributed by atoms with Crippen LogP contribution in [-0.4, -0.2) is 6.29 Å². The lowest BCUT2D eigenvalue weighted by molar-refractivity contribution is 0.112. The monoisotopic (exact) mass is 312 g/mol. The first-order valence-corrected chi connectivity index (χ1v) is 5.99. The van der Waals surface area contributed by atoms with Crippen molar-refractivity contribution in [2.45, 2.75) is 0 Å². The van der Waals surface area contributed by atoms with E-state index in [2.05, 4.69) is 15.9 Å². The second-order valence-electron chi connectivity index (χ2n) is 3.45. The van der Waals surface area contributed by atoms with Gasteiger partial charge in [0.1, 0.15) is 5.82 Å². The number of hydrogen-bond donors (Lipinski definition) is 0. The van der Waals surface area contributed by atoms with Gasteiger partial charge in [0, 0.05) is 16.1 Å². The number of rotatable bonds is 2. The Hall–Kier alpha value is -1.19. The third-order valence-corrected chi connectivity index (χ3v) is 3.23. The summed E-state index contributed by atoms with van der Waals surface area (Å²) in [5.74, 6) is -0.405. The van der Waals surface area contributed by atoms with Crippen molar-refractivity contribution < 1.29 is 9.18 Å². The summed E-state index contributed by atoms with van der Waals surface area (Å²) in [7, 11) is 0. The van der Waals surface area contributed by atoms with Crippen LogP contribution in [-0.2, 0) is 0 Å². The van der Waals surface area contributed by atoms with E-state index in [1.54, 1.807) is 36.4 Å². The molecule has 0 aromatic heterocycles. The van der Waals surface area contributed by atoms with Crippen LogP contribution < -0.4 is 0 Å². The van der Waals surface area contributed by atoms with Crippen LogP contribution in [0.3, 0.4) is 0 Å². The highest BCUT2D eigenvalue weighted by Gasteiger charge is 2.12. The van der Waals surface area contributed by atoms with E-state index in [0.29, 0.717) is 32.5 Å². The molecule has 0 N–H and O–H groups in total. The molecule has 0 heterocycles. The summed E-state index contributed by atoms with van der Waals surface area (Å²) in [6, 6.07) is 9.67. The fourth-order valence-corrected chi connectivity index (χ4v) is 2.11. The first-order valence-electron chi connectivity index (χ1n) is 4.82. The molecule has 0 atom stereocenters. The van der Waals surface area contributed by atoms with Crippen molar-refractivity contribution >= 4 is 33.8 Å². The third kappa shape index (κ3) is 2.40. The van der Waals surface area contributed by atoms with E-state index in [4.69, 9.17) is 11.6 Å². The molecule has 0 unspecified atom stereocenters. The highest BCUT2D eigenvalue weighted by atomic mass is 79.9. The van der Waals surface area contributed by atoms with Crippen LogP contribution in [0.2, 0.25) is 5.02 Å². The number of aldehydes is 1. The minimum absolute atomic E-state index is 0.351. The zero-order chi connectivity index (χ0) is 12.4. The first-order chi connectivity index (χ1) is 8.13. The van der Waals surface area contributed by atoms with Gasteiger partial charge >= 0.3 is 0 Å². The number of carbonyl (C=O) groups excluding carboxylic acids is 1. The molecule has 0 amide bonds. The van der Waals surface area contributed by atoms with E-state index in [1.807, 2.05) is 0 Å². The standard InChI is InChI=1S/C13H7BrClFO/c14-12-3-1-2-10(13(12)16)11-6-9(15)5-4-8(11)7-17/h1-7H. The van der Waals surface area contributed by atoms with Crippen LogP contribution in [0.5, 0.6) is 0 Å². The summed E-state index contributed by atoms with van der Waals surface area (Å²) >= 11 is 8.98. The highest BCUT2D eigenvalue weighted by Crippen LogP contribution is 2.31. The van der Waals surface area contributed by atoms with Crippen LogP contribution >= 0.6 is 27.5 Å². The van der Waals surface area contributed by atoms with Gasteiger partial charge in [0.2, 0.25) is 0 Å². The van der Waals surface area contributed by atoms with Gasteiger partial charge in [-0.05, 0) is 45.8 Å². The molecule has 0 saturated carbocycles. The summed E-state index contributed by atoms with van der Waals surface area (Å²) in [4.78, 5) is 10.9. The Morgan fingerprint density at radius 1 is 1.18 bits per heavy atom. The van der Waals surface area contributed by atoms with Crippen LogP contribution in [0.1, 0.15) is 10.4 Å². The number of carbonyl (C=O) groups is 1. The lowest BCUT2D eigenvalue weighted by atomic mass is 10.00. The number of halogens is 3. The molecule has 1 nitrogen and oxygen atoms in total. The molecule has 0 aliphatic heterocycles. The largest absolute Gasteiger partial charge is 0.298 e. The van der Waals surface area contributed by atoms with Crippen molar-refractivity contribution in [2.75, 3.05) is 0 Å². The van der Waals surface area contributed by atoms with Crippen molar-refractivity contribution in [3.05, 3.63) is 57.3 Å². The molecule has 86 valence electrons. The van der Waals surface area contributed by atoms with Gasteiger partial charge < -0.3 is 0 Å². The van der Waals surface area contributed by atoms with Crippen LogP contribution in [0.15, 0.2) is 40.9 Å². The van der Waals surface area contributed by atoms with Crippen LogP contribution in [0.25, 0.3) is 11.1 Å². The maximum Gasteiger partial charge on any atom is 0.150 e. The Labute approximate surface area is 111 Å². The lowest BCUT2D eigenvalue weighted by Gasteiger charge is -2.08. The van der Waals surface area contributed by atoms with E-state index >= 15 is 0 Å². The average molecular weight is 314 g/mol. The molecule has 0 aliphatic rings. The normalized spacial score (nSPS) is 10.3. The Bertz CT molecular complexity index is 584. The predicted octanol–water partition coefficient (Wildman–Crippen LogP) is 4.72. The van der Waals surface area contributed by atoms with Gasteiger partial charge in [0.05, 0.1) is 4.47 Å². The topological polar surface area (TPSA) is 17.1 Å². The zero-order valence-electron chi connectivity index (χ0n) is 8.58. The van der Waals surface area contributed by atoms with Gasteiger partial charge in [-0.2, -0.15) is 0 Å². The molecule has 0 radical (unpaired) electrons. The molecule has 0 saturated heterocycles. The maximum atomic E-state index is 13.9. The molecule has 4 heteroatoms. The van der Waals surface area contributed by atoms with Gasteiger partial charge in [-0.25, -0.2) is 4.39 Å². The third-order valence-electron chi connectivity index (χ3n) is 2.38. The van der Waals surface area contributed by atoms with Gasteiger partial charge in [0.25, 0.3) is 0 Å². The molecule has 2 rings (SSSR count). The van der Waals surface area contributed by atoms with Crippen molar-refractivity contribution in [2.24, 2.45) is 0 Å². The quantitative estimate of drug-likeness (QED) is 0.733. The van der Waals surface area contributed by atoms with Crippen molar-refractivity contribution in [1.29, 1.82) is 0 Å². The van der Waals surface area contributed by atoms with Gasteiger partial charge in [0.15, 0.2) is 6.29 Å². The molecule has 17 heavy (non-hydrogen) atoms. The number of hydrogen-bond acceptors (Lipinski definition) is 1. The smallest absolute Gasteiger partial charge is 0.150 e. The number of benzene rings is 2. The zero-order valence-corrected chi connectivity index (χ0v) is 10.9. The SMILES string of the molecule is O=Cc1ccc(Cl)cc1-c1cccc(Br)c1F. The molecule has 0 spiro atoms. The maximum absolute atomic E-state index is 13.9. The Morgan fingerprint density at radius 2 is 1.94 bits per heavy atom. The average Bonchev–Trinajstić information content (AvgIpc) is 2.33. The fraction of sp³-hybridized carbons (Fsp3) is 0. The second kappa shape index (κ2) is 4.98. The minimum Gasteiger partial charge on any atom is -0.298 e. The summed E-state index contributed by atoms with van der Waals surface area (Å²) in [6.07, 6.45) is 0.687. The molecule has 2 aromatic carbocycles. The van der Waals surface area contributed by atoms with Gasteiger partial charge in [-0.15, -0.1) is 0 Å². The van der Waals surface area contributed by atoms with Crippen molar-refractivity contribution in [1.82, 2.24) is 0 Å². The predicted molar refractivity (Wildman–Crippen MR) is 69.9 cm³/mol. The minimum atomic E-state index is -0.405. The summed E-state index contributed by atoms with van der Waals surface area (Å²) in [5, 5.41) is 0.463. The van der Waals surface area contributed by atoms with E-state index in [9.17, 15) is 9.18 Å². The molecular weight excluding hydrogens is 306 g/mol. The summed E-state index contributed by atoms with van der Waals surface area (Å²) in [6.45, 7) is 0. The Kier molecular flexibility index (Phi) is 3.60. The summed E-state index contributed by atoms with van der Waals surface area (Å²) < 4.78 is 14.3. The highest BCUT2D eigenvalue weighted by molar-refractivity contribution is 9.10. The van der Waals surface area contributed by atoms with E-state index in [1.165, 1.54) is 0 Å². The van der Waals surface area contributed by atoms with Crippen molar-refractivity contribution in [3.63, 3.8) is 0 Å². The fourth-order valence-electron chi connectivity index (χ4n) is 1.58. The van der Waals surface area contributed by atoms with E-state index in [-0.39, 0.29) is 0 Å². The molecule has 0 bridgehead atoms. The van der Waals surface area contributed by atoms with Crippen LogP contribution in [0.4, 0.5) is 4.39 Å². The van der Waals surface area contributed by atoms with E-state index < -0.39 is 5.82 Å². The molecular formula is C13H7BrClFO. The first kappa shape index (κ1) is 12.3.